The molecule has 0 aromatic heterocycles. The number of sulfonamides is 1. The molecule has 0 spiro atoms. The Morgan fingerprint density at radius 3 is 2.34 bits per heavy atom. The van der Waals surface area contributed by atoms with Gasteiger partial charge in [-0.25, -0.2) is 13.1 Å². The van der Waals surface area contributed by atoms with E-state index in [1.165, 1.54) is 0 Å². The molecule has 7 unspecified atom stereocenters. The van der Waals surface area contributed by atoms with Gasteiger partial charge in [0.05, 0.1) is 16.7 Å². The minimum atomic E-state index is -3.53. The fourth-order valence-electron chi connectivity index (χ4n) is 6.88. The fourth-order valence-corrected chi connectivity index (χ4v) is 9.16. The van der Waals surface area contributed by atoms with Crippen molar-refractivity contribution >= 4 is 39.1 Å². The highest BCUT2D eigenvalue weighted by Crippen LogP contribution is 2.52. The molecule has 1 aliphatic heterocycles. The molecule has 2 aromatic rings. The van der Waals surface area contributed by atoms with Gasteiger partial charge in [0.1, 0.15) is 0 Å². The van der Waals surface area contributed by atoms with Crippen LogP contribution in [0.25, 0.3) is 0 Å². The first-order valence-electron chi connectivity index (χ1n) is 14.9. The zero-order valence-corrected chi connectivity index (χ0v) is 27.0. The molecule has 0 radical (unpaired) electrons. The molecular weight excluding hydrogens is 575 g/mol. The van der Waals surface area contributed by atoms with Crippen LogP contribution in [0.4, 0.5) is 0 Å². The van der Waals surface area contributed by atoms with Crippen LogP contribution in [0.15, 0.2) is 61.2 Å². The van der Waals surface area contributed by atoms with Crippen LogP contribution in [-0.2, 0) is 14.8 Å². The number of likely N-dealkylation sites (tertiary alicyclic amines) is 1. The van der Waals surface area contributed by atoms with Gasteiger partial charge in [-0.2, -0.15) is 0 Å². The summed E-state index contributed by atoms with van der Waals surface area (Å²) in [5.74, 6) is 0.495. The summed E-state index contributed by atoms with van der Waals surface area (Å²) in [4.78, 5) is 16.4. The van der Waals surface area contributed by atoms with Crippen molar-refractivity contribution in [1.82, 2.24) is 9.62 Å². The lowest BCUT2D eigenvalue weighted by atomic mass is 9.67. The normalized spacial score (nSPS) is 28.1. The van der Waals surface area contributed by atoms with E-state index in [4.69, 9.17) is 23.2 Å². The van der Waals surface area contributed by atoms with E-state index in [-0.39, 0.29) is 41.6 Å². The van der Waals surface area contributed by atoms with Crippen LogP contribution in [0.5, 0.6) is 0 Å². The number of amides is 1. The van der Waals surface area contributed by atoms with Crippen molar-refractivity contribution in [1.29, 1.82) is 0 Å². The first kappa shape index (κ1) is 32.1. The Balaban J connectivity index is 1.75. The molecule has 1 heterocycles. The molecule has 41 heavy (non-hydrogen) atoms. The molecule has 2 aromatic carbocycles. The second-order valence-electron chi connectivity index (χ2n) is 12.2. The third kappa shape index (κ3) is 6.71. The Morgan fingerprint density at radius 1 is 1.07 bits per heavy atom. The van der Waals surface area contributed by atoms with Crippen LogP contribution < -0.4 is 4.72 Å². The smallest absolute Gasteiger partial charge is 0.229 e. The van der Waals surface area contributed by atoms with Crippen LogP contribution in [0, 0.1) is 17.3 Å². The van der Waals surface area contributed by atoms with Gasteiger partial charge in [-0.3, -0.25) is 4.79 Å². The molecular formula is C33H44Cl2N2O3S. The summed E-state index contributed by atoms with van der Waals surface area (Å²) in [5, 5.41) is 0.890. The summed E-state index contributed by atoms with van der Waals surface area (Å²) in [6.07, 6.45) is 6.14. The van der Waals surface area contributed by atoms with Gasteiger partial charge >= 0.3 is 0 Å². The van der Waals surface area contributed by atoms with Crippen LogP contribution in [0.2, 0.25) is 10.0 Å². The molecule has 1 N–H and O–H groups in total. The predicted octanol–water partition coefficient (Wildman–Crippen LogP) is 8.16. The van der Waals surface area contributed by atoms with Gasteiger partial charge in [0, 0.05) is 28.5 Å². The molecule has 2 fully saturated rings. The third-order valence-electron chi connectivity index (χ3n) is 9.61. The van der Waals surface area contributed by atoms with E-state index >= 15 is 0 Å². The maximum absolute atomic E-state index is 14.5. The first-order chi connectivity index (χ1) is 19.5. The highest BCUT2D eigenvalue weighted by molar-refractivity contribution is 7.90. The average Bonchev–Trinajstić information content (AvgIpc) is 2.91. The highest BCUT2D eigenvalue weighted by atomic mass is 35.5. The van der Waals surface area contributed by atoms with E-state index in [1.54, 1.807) is 0 Å². The van der Waals surface area contributed by atoms with Gasteiger partial charge in [-0.15, -0.1) is 6.58 Å². The van der Waals surface area contributed by atoms with Gasteiger partial charge in [0.25, 0.3) is 0 Å². The average molecular weight is 620 g/mol. The molecule has 4 rings (SSSR count). The number of carbonyl (C=O) groups is 1. The van der Waals surface area contributed by atoms with E-state index in [2.05, 4.69) is 31.2 Å². The van der Waals surface area contributed by atoms with E-state index in [0.717, 1.165) is 24.0 Å². The van der Waals surface area contributed by atoms with Gasteiger partial charge in [-0.05, 0) is 79.3 Å². The summed E-state index contributed by atoms with van der Waals surface area (Å²) in [6, 6.07) is 14.8. The van der Waals surface area contributed by atoms with Crippen molar-refractivity contribution in [3.63, 3.8) is 0 Å². The Morgan fingerprint density at radius 2 is 1.78 bits per heavy atom. The summed E-state index contributed by atoms with van der Waals surface area (Å²) in [6.45, 7) is 12.4. The van der Waals surface area contributed by atoms with Gasteiger partial charge in [0.2, 0.25) is 15.9 Å². The number of piperidine rings is 1. The minimum Gasteiger partial charge on any atom is -0.330 e. The SMILES string of the molecule is C=CCC1(C)CC(c2cccc(Cl)c2)C(c2ccc(Cl)cc2)N(C(CC)CNS(=O)(=O)C2CCC2C(C)CC)C1=O. The van der Waals surface area contributed by atoms with Crippen molar-refractivity contribution in [2.75, 3.05) is 6.54 Å². The molecule has 2 aliphatic rings. The standard InChI is InChI=1S/C33H44Cl2N2O3S/c1-6-18-33(5)20-29(24-10-9-11-26(35)19-24)31(23-12-14-25(34)15-13-23)37(32(33)38)27(8-3)21-36-41(39,40)30-17-16-28(30)22(4)7-2/h6,9-15,19,22,27-31,36H,1,7-8,16-18,20-21H2,2-5H3. The minimum absolute atomic E-state index is 0.0165. The lowest BCUT2D eigenvalue weighted by Crippen LogP contribution is -2.58. The largest absolute Gasteiger partial charge is 0.330 e. The van der Waals surface area contributed by atoms with Crippen LogP contribution in [0.1, 0.15) is 89.3 Å². The van der Waals surface area contributed by atoms with Crippen LogP contribution in [-0.4, -0.2) is 37.1 Å². The zero-order chi connectivity index (χ0) is 29.9. The fraction of sp³-hybridized carbons (Fsp3) is 0.545. The maximum Gasteiger partial charge on any atom is 0.229 e. The molecule has 1 amide bonds. The number of allylic oxidation sites excluding steroid dienone is 1. The molecule has 7 atom stereocenters. The van der Waals surface area contributed by atoms with E-state index in [9.17, 15) is 13.2 Å². The van der Waals surface area contributed by atoms with Crippen molar-refractivity contribution in [2.24, 2.45) is 17.3 Å². The number of nitrogens with zero attached hydrogens (tertiary/aromatic N) is 1. The second-order valence-corrected chi connectivity index (χ2v) is 15.1. The lowest BCUT2D eigenvalue weighted by molar-refractivity contribution is -0.154. The number of benzene rings is 2. The monoisotopic (exact) mass is 618 g/mol. The molecule has 0 bridgehead atoms. The third-order valence-corrected chi connectivity index (χ3v) is 12.0. The number of nitrogens with one attached hydrogen (secondary N) is 1. The summed E-state index contributed by atoms with van der Waals surface area (Å²) in [7, 11) is -3.53. The molecule has 5 nitrogen and oxygen atoms in total. The molecule has 1 saturated heterocycles. The Kier molecular flexibility index (Phi) is 10.3. The number of carbonyl (C=O) groups excluding carboxylic acids is 1. The van der Waals surface area contributed by atoms with Crippen molar-refractivity contribution in [3.05, 3.63) is 82.4 Å². The van der Waals surface area contributed by atoms with Crippen LogP contribution >= 0.6 is 23.2 Å². The second kappa shape index (κ2) is 13.2. The lowest BCUT2D eigenvalue weighted by Gasteiger charge is -2.52. The van der Waals surface area contributed by atoms with E-state index < -0.39 is 15.4 Å². The van der Waals surface area contributed by atoms with E-state index in [0.29, 0.717) is 41.6 Å². The van der Waals surface area contributed by atoms with Crippen LogP contribution in [0.3, 0.4) is 0 Å². The Bertz CT molecular complexity index is 1330. The quantitative estimate of drug-likeness (QED) is 0.244. The highest BCUT2D eigenvalue weighted by Gasteiger charge is 2.51. The molecule has 8 heteroatoms. The van der Waals surface area contributed by atoms with Gasteiger partial charge in [0.15, 0.2) is 0 Å². The number of halogens is 2. The predicted molar refractivity (Wildman–Crippen MR) is 170 cm³/mol. The summed E-state index contributed by atoms with van der Waals surface area (Å²) < 4.78 is 30.0. The first-order valence-corrected chi connectivity index (χ1v) is 17.2. The van der Waals surface area contributed by atoms with Crippen molar-refractivity contribution in [2.45, 2.75) is 89.5 Å². The molecule has 224 valence electrons. The molecule has 1 aliphatic carbocycles. The zero-order valence-electron chi connectivity index (χ0n) is 24.7. The topological polar surface area (TPSA) is 66.5 Å². The maximum atomic E-state index is 14.5. The number of hydrogen-bond acceptors (Lipinski definition) is 3. The summed E-state index contributed by atoms with van der Waals surface area (Å²) >= 11 is 12.7. The van der Waals surface area contributed by atoms with E-state index in [1.807, 2.05) is 67.3 Å². The number of hydrogen-bond donors (Lipinski definition) is 1. The Labute approximate surface area is 256 Å². The van der Waals surface area contributed by atoms with Gasteiger partial charge < -0.3 is 4.90 Å². The molecule has 1 saturated carbocycles. The van der Waals surface area contributed by atoms with Gasteiger partial charge in [-0.1, -0.05) is 87.7 Å². The summed E-state index contributed by atoms with van der Waals surface area (Å²) in [5.41, 5.74) is 1.32. The Hall–Kier alpha value is -1.86. The van der Waals surface area contributed by atoms with Crippen molar-refractivity contribution < 1.29 is 13.2 Å². The van der Waals surface area contributed by atoms with Crippen molar-refractivity contribution in [3.8, 4) is 0 Å². The number of rotatable bonds is 12.